The van der Waals surface area contributed by atoms with Crippen molar-refractivity contribution in [3.05, 3.63) is 89.2 Å². The highest BCUT2D eigenvalue weighted by Gasteiger charge is 2.42. The van der Waals surface area contributed by atoms with Crippen LogP contribution in [0.5, 0.6) is 17.2 Å². The lowest BCUT2D eigenvalue weighted by molar-refractivity contribution is -0.0209. The van der Waals surface area contributed by atoms with E-state index in [-0.39, 0.29) is 11.9 Å². The topological polar surface area (TPSA) is 43.3 Å². The summed E-state index contributed by atoms with van der Waals surface area (Å²) < 4.78 is 31.0. The van der Waals surface area contributed by atoms with Crippen LogP contribution in [0.15, 0.2) is 71.8 Å². The lowest BCUT2D eigenvalue weighted by atomic mass is 9.95. The predicted octanol–water partition coefficient (Wildman–Crippen LogP) is 5.48. The van der Waals surface area contributed by atoms with E-state index in [2.05, 4.69) is 0 Å². The molecular weight excluding hydrogens is 395 g/mol. The van der Waals surface area contributed by atoms with Gasteiger partial charge < -0.3 is 14.2 Å². The second-order valence-electron chi connectivity index (χ2n) is 7.50. The largest absolute Gasteiger partial charge is 0.494 e. The number of ether oxygens (including phenoxy) is 3. The summed E-state index contributed by atoms with van der Waals surface area (Å²) in [7, 11) is 1.65. The van der Waals surface area contributed by atoms with Gasteiger partial charge in [0.2, 0.25) is 6.23 Å². The lowest BCUT2D eigenvalue weighted by Crippen LogP contribution is -2.33. The Morgan fingerprint density at radius 3 is 2.55 bits per heavy atom. The molecule has 158 valence electrons. The molecule has 0 N–H and O–H groups in total. The Labute approximate surface area is 180 Å². The maximum absolute atomic E-state index is 13.4. The first-order valence-electron chi connectivity index (χ1n) is 10.4. The maximum atomic E-state index is 13.4. The molecule has 0 saturated carbocycles. The van der Waals surface area contributed by atoms with E-state index in [4.69, 9.17) is 19.3 Å². The predicted molar refractivity (Wildman–Crippen MR) is 116 cm³/mol. The number of hydrazone groups is 1. The Morgan fingerprint density at radius 1 is 1.06 bits per heavy atom. The number of benzene rings is 3. The molecule has 31 heavy (non-hydrogen) atoms. The van der Waals surface area contributed by atoms with Crippen LogP contribution in [-0.4, -0.2) is 24.4 Å². The van der Waals surface area contributed by atoms with E-state index in [0.29, 0.717) is 18.8 Å². The SMILES string of the molecule is CCOc1ccc([C@@H]2Oc3c(OC)cccc3[C@H]3CC(c4ccc(F)cc4)=NN32)cc1. The van der Waals surface area contributed by atoms with Gasteiger partial charge in [-0.2, -0.15) is 5.10 Å². The lowest BCUT2D eigenvalue weighted by Gasteiger charge is -2.38. The summed E-state index contributed by atoms with van der Waals surface area (Å²) in [6, 6.07) is 20.3. The number of hydrogen-bond donors (Lipinski definition) is 0. The zero-order valence-corrected chi connectivity index (χ0v) is 17.4. The fourth-order valence-electron chi connectivity index (χ4n) is 4.18. The summed E-state index contributed by atoms with van der Waals surface area (Å²) in [5, 5.41) is 6.91. The van der Waals surface area contributed by atoms with Gasteiger partial charge in [-0.05, 0) is 55.0 Å². The average Bonchev–Trinajstić information content (AvgIpc) is 3.25. The van der Waals surface area contributed by atoms with Gasteiger partial charge in [-0.1, -0.05) is 24.3 Å². The van der Waals surface area contributed by atoms with Gasteiger partial charge in [0, 0.05) is 17.5 Å². The molecule has 5 rings (SSSR count). The van der Waals surface area contributed by atoms with Crippen molar-refractivity contribution < 1.29 is 18.6 Å². The van der Waals surface area contributed by atoms with Crippen LogP contribution in [-0.2, 0) is 0 Å². The van der Waals surface area contributed by atoms with E-state index in [9.17, 15) is 4.39 Å². The highest BCUT2D eigenvalue weighted by molar-refractivity contribution is 6.02. The van der Waals surface area contributed by atoms with Gasteiger partial charge in [-0.3, -0.25) is 0 Å². The standard InChI is InChI=1S/C25H23FN2O3/c1-3-30-19-13-9-17(10-14-19)25-28-22(20-5-4-6-23(29-2)24(20)31-25)15-21(27-28)16-7-11-18(26)12-8-16/h4-14,22,25H,3,15H2,1-2H3/t22-,25+/m1/s1. The number of rotatable bonds is 5. The fourth-order valence-corrected chi connectivity index (χ4v) is 4.18. The van der Waals surface area contributed by atoms with Gasteiger partial charge in [-0.25, -0.2) is 9.40 Å². The highest BCUT2D eigenvalue weighted by Crippen LogP contribution is 2.50. The molecule has 3 aromatic rings. The molecule has 5 nitrogen and oxygen atoms in total. The minimum absolute atomic E-state index is 0.00419. The van der Waals surface area contributed by atoms with Crippen LogP contribution in [0.4, 0.5) is 4.39 Å². The highest BCUT2D eigenvalue weighted by atomic mass is 19.1. The van der Waals surface area contributed by atoms with Crippen molar-refractivity contribution in [1.82, 2.24) is 5.01 Å². The molecule has 0 saturated heterocycles. The average molecular weight is 418 g/mol. The molecule has 0 aliphatic carbocycles. The van der Waals surface area contributed by atoms with E-state index in [1.54, 1.807) is 19.2 Å². The fraction of sp³-hybridized carbons (Fsp3) is 0.240. The number of halogens is 1. The van der Waals surface area contributed by atoms with Crippen LogP contribution in [0, 0.1) is 5.82 Å². The quantitative estimate of drug-likeness (QED) is 0.551. The Morgan fingerprint density at radius 2 is 1.84 bits per heavy atom. The van der Waals surface area contributed by atoms with Crippen LogP contribution < -0.4 is 14.2 Å². The third kappa shape index (κ3) is 3.48. The normalized spacial score (nSPS) is 19.2. The second-order valence-corrected chi connectivity index (χ2v) is 7.50. The van der Waals surface area contributed by atoms with Crippen molar-refractivity contribution in [2.75, 3.05) is 13.7 Å². The number of nitrogens with zero attached hydrogens (tertiary/aromatic N) is 2. The maximum Gasteiger partial charge on any atom is 0.214 e. The summed E-state index contributed by atoms with van der Waals surface area (Å²) in [5.41, 5.74) is 3.81. The molecule has 0 fully saturated rings. The first-order valence-corrected chi connectivity index (χ1v) is 10.4. The van der Waals surface area contributed by atoms with Gasteiger partial charge in [0.05, 0.1) is 25.5 Å². The molecule has 2 heterocycles. The van der Waals surface area contributed by atoms with E-state index in [1.165, 1.54) is 12.1 Å². The minimum Gasteiger partial charge on any atom is -0.494 e. The molecule has 2 aliphatic rings. The van der Waals surface area contributed by atoms with Crippen molar-refractivity contribution in [2.45, 2.75) is 25.6 Å². The van der Waals surface area contributed by atoms with Gasteiger partial charge in [0.1, 0.15) is 11.6 Å². The van der Waals surface area contributed by atoms with E-state index in [0.717, 1.165) is 33.9 Å². The van der Waals surface area contributed by atoms with E-state index < -0.39 is 6.23 Å². The van der Waals surface area contributed by atoms with Crippen molar-refractivity contribution in [3.63, 3.8) is 0 Å². The number of methoxy groups -OCH3 is 1. The summed E-state index contributed by atoms with van der Waals surface area (Å²) in [6.45, 7) is 2.57. The molecule has 0 unspecified atom stereocenters. The van der Waals surface area contributed by atoms with Crippen LogP contribution in [0.3, 0.4) is 0 Å². The second kappa shape index (κ2) is 7.95. The van der Waals surface area contributed by atoms with Crippen molar-refractivity contribution >= 4 is 5.71 Å². The molecule has 0 radical (unpaired) electrons. The molecule has 0 bridgehead atoms. The van der Waals surface area contributed by atoms with E-state index >= 15 is 0 Å². The summed E-state index contributed by atoms with van der Waals surface area (Å²) in [4.78, 5) is 0. The minimum atomic E-state index is -0.414. The Hall–Kier alpha value is -3.54. The molecule has 6 heteroatoms. The number of para-hydroxylation sites is 1. The summed E-state index contributed by atoms with van der Waals surface area (Å²) in [5.74, 6) is 1.99. The first kappa shape index (κ1) is 19.4. The Kier molecular flexibility index (Phi) is 4.98. The van der Waals surface area contributed by atoms with Crippen LogP contribution in [0.25, 0.3) is 0 Å². The third-order valence-electron chi connectivity index (χ3n) is 5.65. The molecule has 0 aromatic heterocycles. The molecule has 0 spiro atoms. The van der Waals surface area contributed by atoms with Crippen LogP contribution >= 0.6 is 0 Å². The summed E-state index contributed by atoms with van der Waals surface area (Å²) in [6.07, 6.45) is 0.283. The molecule has 3 aromatic carbocycles. The van der Waals surface area contributed by atoms with Gasteiger partial charge in [0.15, 0.2) is 11.5 Å². The zero-order valence-electron chi connectivity index (χ0n) is 17.4. The summed E-state index contributed by atoms with van der Waals surface area (Å²) >= 11 is 0. The van der Waals surface area contributed by atoms with Gasteiger partial charge in [0.25, 0.3) is 0 Å². The van der Waals surface area contributed by atoms with Crippen LogP contribution in [0.1, 0.15) is 42.3 Å². The van der Waals surface area contributed by atoms with Crippen molar-refractivity contribution in [2.24, 2.45) is 5.10 Å². The molecular formula is C25H23FN2O3. The first-order chi connectivity index (χ1) is 15.2. The number of fused-ring (bicyclic) bond motifs is 3. The number of hydrogen-bond acceptors (Lipinski definition) is 5. The third-order valence-corrected chi connectivity index (χ3v) is 5.65. The van der Waals surface area contributed by atoms with Crippen LogP contribution in [0.2, 0.25) is 0 Å². The smallest absolute Gasteiger partial charge is 0.214 e. The molecule has 2 aliphatic heterocycles. The van der Waals surface area contributed by atoms with Gasteiger partial charge >= 0.3 is 0 Å². The molecule has 2 atom stereocenters. The monoisotopic (exact) mass is 418 g/mol. The molecule has 0 amide bonds. The van der Waals surface area contributed by atoms with E-state index in [1.807, 2.05) is 54.4 Å². The van der Waals surface area contributed by atoms with Crippen molar-refractivity contribution in [1.29, 1.82) is 0 Å². The zero-order chi connectivity index (χ0) is 21.4. The van der Waals surface area contributed by atoms with Gasteiger partial charge in [-0.15, -0.1) is 0 Å². The Balaban J connectivity index is 1.57. The Bertz CT molecular complexity index is 1110. The van der Waals surface area contributed by atoms with Crippen molar-refractivity contribution in [3.8, 4) is 17.2 Å².